The predicted molar refractivity (Wildman–Crippen MR) is 267 cm³/mol. The molecule has 0 aromatic carbocycles. The number of hydrogen-bond donors (Lipinski definition) is 4. The van der Waals surface area contributed by atoms with E-state index in [0.29, 0.717) is 35.4 Å². The molecular formula is C46H64Cl2IN7O11S. The minimum Gasteiger partial charge on any atom is -0.453 e. The zero-order valence-corrected chi connectivity index (χ0v) is 44.7. The van der Waals surface area contributed by atoms with Crippen LogP contribution in [0.2, 0.25) is 10.0 Å². The molecule has 3 aromatic rings. The van der Waals surface area contributed by atoms with E-state index in [4.69, 9.17) is 46.9 Å². The van der Waals surface area contributed by atoms with Crippen molar-refractivity contribution in [1.29, 1.82) is 0 Å². The number of cyclic esters (lactones) is 1. The number of alkyl halides is 1. The Bertz CT molecular complexity index is 2310. The fourth-order valence-electron chi connectivity index (χ4n) is 9.99. The van der Waals surface area contributed by atoms with Crippen molar-refractivity contribution in [2.45, 2.75) is 132 Å². The molecule has 15 atom stereocenters. The van der Waals surface area contributed by atoms with E-state index in [1.807, 2.05) is 55.4 Å². The molecule has 6 heterocycles. The van der Waals surface area contributed by atoms with Crippen molar-refractivity contribution in [2.75, 3.05) is 44.1 Å². The number of carbonyl (C=O) groups is 4. The number of amides is 1. The number of thioether (sulfide) groups is 1. The zero-order chi connectivity index (χ0) is 50.2. The fourth-order valence-corrected chi connectivity index (χ4v) is 12.6. The van der Waals surface area contributed by atoms with Crippen LogP contribution in [0.1, 0.15) is 78.6 Å². The van der Waals surface area contributed by atoms with Crippen LogP contribution in [0.3, 0.4) is 0 Å². The number of rotatable bonds is 12. The summed E-state index contributed by atoms with van der Waals surface area (Å²) in [5.41, 5.74) is -1.38. The van der Waals surface area contributed by atoms with Gasteiger partial charge >= 0.3 is 11.9 Å². The summed E-state index contributed by atoms with van der Waals surface area (Å²) in [6, 6.07) is -0.292. The van der Waals surface area contributed by atoms with Crippen molar-refractivity contribution in [2.24, 2.45) is 29.6 Å². The topological polar surface area (TPSA) is 226 Å². The molecule has 0 aliphatic carbocycles. The lowest BCUT2D eigenvalue weighted by atomic mass is 9.72. The number of ether oxygens (including phenoxy) is 5. The normalized spacial score (nSPS) is 35.1. The lowest BCUT2D eigenvalue weighted by Crippen LogP contribution is -2.60. The molecule has 0 spiro atoms. The summed E-state index contributed by atoms with van der Waals surface area (Å²) in [6.45, 7) is 14.9. The molecule has 3 aliphatic heterocycles. The molecule has 22 heteroatoms. The van der Waals surface area contributed by atoms with E-state index in [1.165, 1.54) is 37.5 Å². The van der Waals surface area contributed by atoms with Crippen molar-refractivity contribution in [3.63, 3.8) is 0 Å². The smallest absolute Gasteiger partial charge is 0.320 e. The number of likely N-dealkylation sites (N-methyl/N-ethyl adjacent to an activating group) is 1. The number of carbonyl (C=O) groups excluding carboxylic acids is 4. The summed E-state index contributed by atoms with van der Waals surface area (Å²) in [5, 5.41) is 34.0. The number of aliphatic hydroxyl groups excluding tert-OH is 2. The number of aliphatic hydroxyl groups is 2. The van der Waals surface area contributed by atoms with Gasteiger partial charge in [-0.25, -0.2) is 9.67 Å². The second-order valence-electron chi connectivity index (χ2n) is 18.9. The van der Waals surface area contributed by atoms with Crippen LogP contribution in [0.4, 0.5) is 11.4 Å². The van der Waals surface area contributed by atoms with Crippen molar-refractivity contribution >= 4 is 104 Å². The van der Waals surface area contributed by atoms with Gasteiger partial charge in [0.15, 0.2) is 21.6 Å². The molecule has 3 aromatic heterocycles. The maximum absolute atomic E-state index is 14.9. The first-order valence-corrected chi connectivity index (χ1v) is 25.8. The summed E-state index contributed by atoms with van der Waals surface area (Å²) >= 11 is 15.9. The number of esters is 2. The van der Waals surface area contributed by atoms with Gasteiger partial charge in [0, 0.05) is 74.3 Å². The second kappa shape index (κ2) is 22.2. The SMILES string of the molecule is CCn1ncc2c(NCCS[C@@H]3C(=O)O[C@@]4(C)[C@H]3[C@@H](C)C(=O)[C@H](C)C[C@@](C)(OC)[C@H](O[C@@H]3O[C@H](C)C[C@H](N(C)C)[C@H]3O)[C@@H](C)[C@H](O)[C@@H](C)C(=O)O[C@@H]4I)c(C(=O)Nc3c(Cl)cncc3Cl)cnc21. The molecule has 68 heavy (non-hydrogen) atoms. The minimum absolute atomic E-state index is 0.112. The van der Waals surface area contributed by atoms with Crippen LogP contribution in [0, 0.1) is 29.6 Å². The van der Waals surface area contributed by atoms with E-state index < -0.39 is 92.6 Å². The van der Waals surface area contributed by atoms with Crippen LogP contribution in [-0.4, -0.2) is 149 Å². The van der Waals surface area contributed by atoms with Gasteiger partial charge in [0.2, 0.25) is 0 Å². The van der Waals surface area contributed by atoms with Gasteiger partial charge < -0.3 is 49.4 Å². The number of anilines is 2. The number of aryl methyl sites for hydroxylation is 1. The van der Waals surface area contributed by atoms with Gasteiger partial charge in [-0.15, -0.1) is 11.8 Å². The van der Waals surface area contributed by atoms with Crippen LogP contribution in [0.15, 0.2) is 24.8 Å². The lowest BCUT2D eigenvalue weighted by Gasteiger charge is -2.48. The number of pyridine rings is 2. The summed E-state index contributed by atoms with van der Waals surface area (Å²) in [6.07, 6.45) is 1.66. The Morgan fingerprint density at radius 2 is 1.69 bits per heavy atom. The van der Waals surface area contributed by atoms with E-state index in [1.54, 1.807) is 52.4 Å². The Kier molecular flexibility index (Phi) is 17.8. The number of nitrogens with one attached hydrogen (secondary N) is 2. The Hall–Kier alpha value is -2.93. The van der Waals surface area contributed by atoms with E-state index in [0.717, 1.165) is 0 Å². The van der Waals surface area contributed by atoms with Gasteiger partial charge in [-0.1, -0.05) is 44.0 Å². The van der Waals surface area contributed by atoms with E-state index in [2.05, 4.69) is 25.7 Å². The fraction of sp³-hybridized carbons (Fsp3) is 0.674. The maximum atomic E-state index is 14.9. The Morgan fingerprint density at radius 1 is 1.01 bits per heavy atom. The predicted octanol–water partition coefficient (Wildman–Crippen LogP) is 6.25. The maximum Gasteiger partial charge on any atom is 0.320 e. The van der Waals surface area contributed by atoms with Crippen LogP contribution in [0.5, 0.6) is 0 Å². The quantitative estimate of drug-likeness (QED) is 0.0681. The molecule has 0 unspecified atom stereocenters. The largest absolute Gasteiger partial charge is 0.453 e. The van der Waals surface area contributed by atoms with Crippen LogP contribution >= 0.6 is 57.6 Å². The lowest BCUT2D eigenvalue weighted by molar-refractivity contribution is -0.301. The highest BCUT2D eigenvalue weighted by Gasteiger charge is 2.61. The van der Waals surface area contributed by atoms with Gasteiger partial charge in [-0.05, 0) is 84.1 Å². The van der Waals surface area contributed by atoms with Crippen LogP contribution in [-0.2, 0) is 44.6 Å². The number of methoxy groups -OCH3 is 1. The Labute approximate surface area is 425 Å². The molecule has 376 valence electrons. The van der Waals surface area contributed by atoms with Gasteiger partial charge in [-0.2, -0.15) is 5.10 Å². The summed E-state index contributed by atoms with van der Waals surface area (Å²) in [5.74, 6) is -5.94. The third-order valence-electron chi connectivity index (χ3n) is 13.9. The molecule has 6 rings (SSSR count). The Balaban J connectivity index is 1.28. The number of Topliss-reactive ketones (excluding diaryl/α,β-unsaturated/α-hetero) is 1. The summed E-state index contributed by atoms with van der Waals surface area (Å²) in [4.78, 5) is 67.3. The molecular weight excluding hydrogens is 1060 g/mol. The molecule has 18 nitrogen and oxygen atoms in total. The van der Waals surface area contributed by atoms with Crippen molar-refractivity contribution in [3.05, 3.63) is 40.4 Å². The molecule has 4 N–H and O–H groups in total. The Morgan fingerprint density at radius 3 is 2.32 bits per heavy atom. The minimum atomic E-state index is -1.47. The first-order chi connectivity index (χ1) is 32.0. The summed E-state index contributed by atoms with van der Waals surface area (Å²) in [7, 11) is 5.23. The highest BCUT2D eigenvalue weighted by molar-refractivity contribution is 14.1. The number of halogens is 3. The first-order valence-electron chi connectivity index (χ1n) is 22.8. The highest BCUT2D eigenvalue weighted by Crippen LogP contribution is 2.50. The van der Waals surface area contributed by atoms with E-state index in [-0.39, 0.29) is 52.2 Å². The van der Waals surface area contributed by atoms with Gasteiger partial charge in [0.25, 0.3) is 5.91 Å². The van der Waals surface area contributed by atoms with Crippen LogP contribution < -0.4 is 10.6 Å². The van der Waals surface area contributed by atoms with Crippen LogP contribution in [0.25, 0.3) is 11.0 Å². The van der Waals surface area contributed by atoms with E-state index in [9.17, 15) is 29.4 Å². The number of nitrogens with zero attached hydrogens (tertiary/aromatic N) is 5. The molecule has 3 aliphatic rings. The molecule has 1 amide bonds. The van der Waals surface area contributed by atoms with Crippen molar-refractivity contribution in [1.82, 2.24) is 24.6 Å². The third kappa shape index (κ3) is 10.9. The molecule has 3 fully saturated rings. The average molecular weight is 1120 g/mol. The van der Waals surface area contributed by atoms with Crippen molar-refractivity contribution < 1.29 is 53.1 Å². The highest BCUT2D eigenvalue weighted by atomic mass is 127. The number of fused-ring (bicyclic) bond motifs is 2. The molecule has 0 bridgehead atoms. The van der Waals surface area contributed by atoms with Gasteiger partial charge in [-0.3, -0.25) is 24.2 Å². The molecule has 0 radical (unpaired) electrons. The average Bonchev–Trinajstić information content (AvgIpc) is 3.84. The number of ketones is 1. The standard InChI is InChI=1S/C46H64Cl2IN7O11S/c1-12-56-39-26(18-53-56)32(27(17-52-39)40(60)54-33-28(47)19-50-20-29(33)48)51-13-14-68-37-31-23(4)34(57)21(2)16-45(7,63-11)38(65-43-36(59)30(55(9)10)15-22(3)64-43)24(5)35(58)25(6)41(61)66-44(49)46(31,8)67-42(37)62/h17-25,30-31,35-38,43-44,58-59H,12-16H2,1-11H3,(H,51,52)(H,50,54,60)/t21-,22-,23-,24+,25-,30+,31+,35+,36-,37+,38-,43+,44+,45-,46+/m1/s1. The second-order valence-corrected chi connectivity index (χ2v) is 22.1. The zero-order valence-electron chi connectivity index (χ0n) is 40.2. The number of hydrogen-bond acceptors (Lipinski definition) is 17. The molecule has 3 saturated heterocycles. The number of aromatic nitrogens is 4. The molecule has 0 saturated carbocycles. The summed E-state index contributed by atoms with van der Waals surface area (Å²) < 4.78 is 32.0. The van der Waals surface area contributed by atoms with E-state index >= 15 is 0 Å². The first kappa shape index (κ1) is 54.4. The van der Waals surface area contributed by atoms with Gasteiger partial charge in [0.05, 0.1) is 68.4 Å². The van der Waals surface area contributed by atoms with Gasteiger partial charge in [0.1, 0.15) is 17.1 Å². The third-order valence-corrected chi connectivity index (χ3v) is 17.3. The monoisotopic (exact) mass is 1120 g/mol. The van der Waals surface area contributed by atoms with Crippen molar-refractivity contribution in [3.8, 4) is 0 Å².